The minimum Gasteiger partial charge on any atom is -0.314 e. The first-order chi connectivity index (χ1) is 6.27. The quantitative estimate of drug-likeness (QED) is 0.663. The van der Waals surface area contributed by atoms with E-state index >= 15 is 0 Å². The van der Waals surface area contributed by atoms with Crippen LogP contribution in [0.3, 0.4) is 0 Å². The van der Waals surface area contributed by atoms with Crippen LogP contribution in [0.2, 0.25) is 0 Å². The molecule has 0 aliphatic carbocycles. The van der Waals surface area contributed by atoms with E-state index in [1.54, 1.807) is 0 Å². The molecule has 0 aromatic rings. The first-order valence-corrected chi connectivity index (χ1v) is 5.38. The highest BCUT2D eigenvalue weighted by Gasteiger charge is 2.27. The van der Waals surface area contributed by atoms with Crippen molar-refractivity contribution >= 4 is 0 Å². The van der Waals surface area contributed by atoms with E-state index in [-0.39, 0.29) is 0 Å². The van der Waals surface area contributed by atoms with Gasteiger partial charge in [0, 0.05) is 31.7 Å². The van der Waals surface area contributed by atoms with Gasteiger partial charge in [-0.05, 0) is 33.5 Å². The van der Waals surface area contributed by atoms with Gasteiger partial charge in [0.2, 0.25) is 0 Å². The van der Waals surface area contributed by atoms with Crippen LogP contribution < -0.4 is 5.32 Å². The van der Waals surface area contributed by atoms with Gasteiger partial charge in [-0.3, -0.25) is 4.90 Å². The molecule has 2 fully saturated rings. The highest BCUT2D eigenvalue weighted by molar-refractivity contribution is 4.86. The Kier molecular flexibility index (Phi) is 2.86. The Labute approximate surface area is 81.1 Å². The number of rotatable bonds is 3. The largest absolute Gasteiger partial charge is 0.314 e. The molecule has 0 bridgehead atoms. The highest BCUT2D eigenvalue weighted by Crippen LogP contribution is 2.16. The van der Waals surface area contributed by atoms with Crippen molar-refractivity contribution in [2.24, 2.45) is 0 Å². The van der Waals surface area contributed by atoms with Gasteiger partial charge in [-0.25, -0.2) is 0 Å². The summed E-state index contributed by atoms with van der Waals surface area (Å²) in [5.41, 5.74) is 0. The summed E-state index contributed by atoms with van der Waals surface area (Å²) in [5.74, 6) is 0. The standard InChI is InChI=1S/C10H21N3/c1-12-5-3-4-9(12)8-13(2)10-6-11-7-10/h9-11H,3-8H2,1-2H3. The zero-order chi connectivity index (χ0) is 9.26. The van der Waals surface area contributed by atoms with Gasteiger partial charge in [0.25, 0.3) is 0 Å². The predicted octanol–water partition coefficient (Wildman–Crippen LogP) is -0.0158. The van der Waals surface area contributed by atoms with Crippen molar-refractivity contribution in [2.45, 2.75) is 24.9 Å². The van der Waals surface area contributed by atoms with E-state index < -0.39 is 0 Å². The molecular formula is C10H21N3. The smallest absolute Gasteiger partial charge is 0.0343 e. The van der Waals surface area contributed by atoms with E-state index in [0.717, 1.165) is 12.1 Å². The molecule has 1 N–H and O–H groups in total. The van der Waals surface area contributed by atoms with Crippen LogP contribution in [0.4, 0.5) is 0 Å². The van der Waals surface area contributed by atoms with Crippen LogP contribution in [-0.4, -0.2) is 62.2 Å². The number of hydrogen-bond donors (Lipinski definition) is 1. The molecule has 1 unspecified atom stereocenters. The van der Waals surface area contributed by atoms with Crippen molar-refractivity contribution in [2.75, 3.05) is 40.3 Å². The van der Waals surface area contributed by atoms with Crippen molar-refractivity contribution < 1.29 is 0 Å². The minimum atomic E-state index is 0.800. The average molecular weight is 183 g/mol. The molecule has 76 valence electrons. The lowest BCUT2D eigenvalue weighted by molar-refractivity contribution is 0.140. The van der Waals surface area contributed by atoms with E-state index in [4.69, 9.17) is 0 Å². The molecule has 0 amide bonds. The van der Waals surface area contributed by atoms with Gasteiger partial charge in [0.1, 0.15) is 0 Å². The lowest BCUT2D eigenvalue weighted by atomic mass is 10.1. The second kappa shape index (κ2) is 3.95. The van der Waals surface area contributed by atoms with E-state index in [9.17, 15) is 0 Å². The monoisotopic (exact) mass is 183 g/mol. The summed E-state index contributed by atoms with van der Waals surface area (Å²) in [6.07, 6.45) is 2.78. The lowest BCUT2D eigenvalue weighted by Crippen LogP contribution is -2.57. The van der Waals surface area contributed by atoms with Crippen molar-refractivity contribution in [3.05, 3.63) is 0 Å². The second-order valence-corrected chi connectivity index (χ2v) is 4.53. The molecule has 2 saturated heterocycles. The average Bonchev–Trinajstić information content (AvgIpc) is 2.32. The molecule has 13 heavy (non-hydrogen) atoms. The summed E-state index contributed by atoms with van der Waals surface area (Å²) in [7, 11) is 4.52. The van der Waals surface area contributed by atoms with Crippen LogP contribution in [-0.2, 0) is 0 Å². The van der Waals surface area contributed by atoms with Crippen LogP contribution in [0.1, 0.15) is 12.8 Å². The van der Waals surface area contributed by atoms with Crippen molar-refractivity contribution in [1.29, 1.82) is 0 Å². The zero-order valence-corrected chi connectivity index (χ0v) is 8.79. The Morgan fingerprint density at radius 3 is 2.69 bits per heavy atom. The SMILES string of the molecule is CN1CCCC1CN(C)C1CNC1. The molecular weight excluding hydrogens is 162 g/mol. The van der Waals surface area contributed by atoms with Gasteiger partial charge >= 0.3 is 0 Å². The predicted molar refractivity (Wildman–Crippen MR) is 54.9 cm³/mol. The third-order valence-corrected chi connectivity index (χ3v) is 3.55. The van der Waals surface area contributed by atoms with Crippen LogP contribution in [0.25, 0.3) is 0 Å². The minimum absolute atomic E-state index is 0.800. The second-order valence-electron chi connectivity index (χ2n) is 4.53. The third-order valence-electron chi connectivity index (χ3n) is 3.55. The van der Waals surface area contributed by atoms with Crippen molar-refractivity contribution in [3.8, 4) is 0 Å². The molecule has 1 atom stereocenters. The summed E-state index contributed by atoms with van der Waals surface area (Å²) in [4.78, 5) is 5.02. The first-order valence-electron chi connectivity index (χ1n) is 5.38. The maximum Gasteiger partial charge on any atom is 0.0343 e. The summed E-state index contributed by atoms with van der Waals surface area (Å²) >= 11 is 0. The van der Waals surface area contributed by atoms with Gasteiger partial charge in [-0.15, -0.1) is 0 Å². The molecule has 2 rings (SSSR count). The Hall–Kier alpha value is -0.120. The Morgan fingerprint density at radius 2 is 2.23 bits per heavy atom. The molecule has 0 aromatic heterocycles. The van der Waals surface area contributed by atoms with Crippen LogP contribution in [0.15, 0.2) is 0 Å². The highest BCUT2D eigenvalue weighted by atomic mass is 15.3. The zero-order valence-electron chi connectivity index (χ0n) is 8.79. The van der Waals surface area contributed by atoms with Gasteiger partial charge < -0.3 is 10.2 Å². The van der Waals surface area contributed by atoms with E-state index in [0.29, 0.717) is 0 Å². The topological polar surface area (TPSA) is 18.5 Å². The summed E-state index contributed by atoms with van der Waals surface area (Å²) in [5, 5.41) is 3.32. The number of hydrogen-bond acceptors (Lipinski definition) is 3. The fourth-order valence-corrected chi connectivity index (χ4v) is 2.28. The summed E-state index contributed by atoms with van der Waals surface area (Å²) in [6.45, 7) is 4.92. The van der Waals surface area contributed by atoms with Crippen LogP contribution in [0, 0.1) is 0 Å². The molecule has 0 radical (unpaired) electrons. The van der Waals surface area contributed by atoms with Crippen molar-refractivity contribution in [3.63, 3.8) is 0 Å². The molecule has 2 aliphatic rings. The normalized spacial score (nSPS) is 31.2. The number of likely N-dealkylation sites (N-methyl/N-ethyl adjacent to an activating group) is 2. The molecule has 2 heterocycles. The van der Waals surface area contributed by atoms with E-state index in [2.05, 4.69) is 29.2 Å². The molecule has 3 heteroatoms. The number of likely N-dealkylation sites (tertiary alicyclic amines) is 1. The fourth-order valence-electron chi connectivity index (χ4n) is 2.28. The molecule has 0 aromatic carbocycles. The van der Waals surface area contributed by atoms with Crippen molar-refractivity contribution in [1.82, 2.24) is 15.1 Å². The maximum absolute atomic E-state index is 3.32. The lowest BCUT2D eigenvalue weighted by Gasteiger charge is -2.38. The van der Waals surface area contributed by atoms with Crippen LogP contribution >= 0.6 is 0 Å². The third kappa shape index (κ3) is 2.03. The Balaban J connectivity index is 1.75. The van der Waals surface area contributed by atoms with E-state index in [1.165, 1.54) is 39.0 Å². The molecule has 2 aliphatic heterocycles. The summed E-state index contributed by atoms with van der Waals surface area (Å²) < 4.78 is 0. The maximum atomic E-state index is 3.32. The van der Waals surface area contributed by atoms with Gasteiger partial charge in [-0.1, -0.05) is 0 Å². The Morgan fingerprint density at radius 1 is 1.46 bits per heavy atom. The first kappa shape index (κ1) is 9.44. The molecule has 0 spiro atoms. The fraction of sp³-hybridized carbons (Fsp3) is 1.00. The number of nitrogens with zero attached hydrogens (tertiary/aromatic N) is 2. The summed E-state index contributed by atoms with van der Waals surface area (Å²) in [6, 6.07) is 1.61. The molecule has 0 saturated carbocycles. The van der Waals surface area contributed by atoms with Gasteiger partial charge in [0.15, 0.2) is 0 Å². The Bertz CT molecular complexity index is 168. The van der Waals surface area contributed by atoms with Gasteiger partial charge in [0.05, 0.1) is 0 Å². The van der Waals surface area contributed by atoms with Gasteiger partial charge in [-0.2, -0.15) is 0 Å². The van der Waals surface area contributed by atoms with E-state index in [1.807, 2.05) is 0 Å². The number of nitrogens with one attached hydrogen (secondary N) is 1. The molecule has 3 nitrogen and oxygen atoms in total. The van der Waals surface area contributed by atoms with Crippen LogP contribution in [0.5, 0.6) is 0 Å².